The Morgan fingerprint density at radius 3 is 2.00 bits per heavy atom. The van der Waals surface area contributed by atoms with E-state index in [1.54, 1.807) is 25.7 Å². The van der Waals surface area contributed by atoms with E-state index < -0.39 is 29.3 Å². The predicted octanol–water partition coefficient (Wildman–Crippen LogP) is 4.66. The monoisotopic (exact) mass is 493 g/mol. The van der Waals surface area contributed by atoms with Crippen molar-refractivity contribution in [2.75, 3.05) is 5.75 Å². The summed E-state index contributed by atoms with van der Waals surface area (Å²) in [6.07, 6.45) is 0.797. The molecule has 2 N–H and O–H groups in total. The summed E-state index contributed by atoms with van der Waals surface area (Å²) < 4.78 is 5.34. The molecular weight excluding hydrogens is 450 g/mol. The molecule has 0 spiro atoms. The molecule has 1 rings (SSSR count). The lowest BCUT2D eigenvalue weighted by molar-refractivity contribution is -0.145. The van der Waals surface area contributed by atoms with Crippen LogP contribution in [0.4, 0.5) is 4.79 Å². The highest BCUT2D eigenvalue weighted by Crippen LogP contribution is 2.27. The summed E-state index contributed by atoms with van der Waals surface area (Å²) in [5, 5.41) is 5.66. The number of benzene rings is 1. The third-order valence-corrected chi connectivity index (χ3v) is 5.59. The summed E-state index contributed by atoms with van der Waals surface area (Å²) in [5.74, 6) is -0.600. The average molecular weight is 494 g/mol. The molecule has 1 aromatic carbocycles. The van der Waals surface area contributed by atoms with Gasteiger partial charge in [0.25, 0.3) is 0 Å². The molecule has 0 aliphatic carbocycles. The topological polar surface area (TPSA) is 87.7 Å². The van der Waals surface area contributed by atoms with Crippen LogP contribution in [-0.4, -0.2) is 51.8 Å². The van der Waals surface area contributed by atoms with E-state index in [0.717, 1.165) is 12.0 Å². The van der Waals surface area contributed by atoms with Gasteiger partial charge < -0.3 is 20.3 Å². The number of thiol groups is 1. The van der Waals surface area contributed by atoms with Gasteiger partial charge in [-0.2, -0.15) is 12.6 Å². The van der Waals surface area contributed by atoms with Gasteiger partial charge in [0.15, 0.2) is 0 Å². The first-order valence-electron chi connectivity index (χ1n) is 12.0. The van der Waals surface area contributed by atoms with Crippen LogP contribution in [0, 0.1) is 0 Å². The molecule has 3 amide bonds. The fraction of sp³-hybridized carbons (Fsp3) is 0.654. The van der Waals surface area contributed by atoms with Crippen molar-refractivity contribution in [3.8, 4) is 0 Å². The van der Waals surface area contributed by atoms with Gasteiger partial charge in [-0.25, -0.2) is 4.79 Å². The maximum Gasteiger partial charge on any atom is 0.408 e. The van der Waals surface area contributed by atoms with Crippen LogP contribution in [-0.2, 0) is 20.7 Å². The molecule has 0 fully saturated rings. The third kappa shape index (κ3) is 9.20. The van der Waals surface area contributed by atoms with Crippen molar-refractivity contribution in [1.29, 1.82) is 0 Å². The van der Waals surface area contributed by atoms with Gasteiger partial charge in [0.2, 0.25) is 11.8 Å². The van der Waals surface area contributed by atoms with E-state index in [9.17, 15) is 14.4 Å². The minimum Gasteiger partial charge on any atom is -0.444 e. The molecule has 3 atom stereocenters. The Kier molecular flexibility index (Phi) is 10.9. The number of nitrogens with zero attached hydrogens (tertiary/aromatic N) is 1. The van der Waals surface area contributed by atoms with Crippen LogP contribution >= 0.6 is 12.6 Å². The number of amides is 3. The number of carbonyl (C=O) groups is 3. The van der Waals surface area contributed by atoms with Crippen LogP contribution in [0.3, 0.4) is 0 Å². The summed E-state index contributed by atoms with van der Waals surface area (Å²) in [6.45, 7) is 16.9. The average Bonchev–Trinajstić information content (AvgIpc) is 2.72. The molecule has 0 bridgehead atoms. The van der Waals surface area contributed by atoms with E-state index in [1.165, 1.54) is 0 Å². The van der Waals surface area contributed by atoms with E-state index in [1.807, 2.05) is 58.9 Å². The summed E-state index contributed by atoms with van der Waals surface area (Å²) in [5.41, 5.74) is 0.657. The lowest BCUT2D eigenvalue weighted by atomic mass is 9.97. The summed E-state index contributed by atoms with van der Waals surface area (Å²) >= 11 is 4.32. The Morgan fingerprint density at radius 2 is 1.59 bits per heavy atom. The van der Waals surface area contributed by atoms with Crippen molar-refractivity contribution >= 4 is 30.5 Å². The highest BCUT2D eigenvalue weighted by Gasteiger charge is 2.39. The first-order valence-corrected chi connectivity index (χ1v) is 12.6. The van der Waals surface area contributed by atoms with Crippen LogP contribution in [0.2, 0.25) is 0 Å². The fourth-order valence-electron chi connectivity index (χ4n) is 3.42. The second-order valence-corrected chi connectivity index (χ2v) is 11.0. The van der Waals surface area contributed by atoms with Gasteiger partial charge in [-0.3, -0.25) is 9.59 Å². The molecule has 3 unspecified atom stereocenters. The van der Waals surface area contributed by atoms with Crippen molar-refractivity contribution in [3.05, 3.63) is 35.4 Å². The van der Waals surface area contributed by atoms with Gasteiger partial charge >= 0.3 is 6.09 Å². The largest absolute Gasteiger partial charge is 0.444 e. The van der Waals surface area contributed by atoms with Gasteiger partial charge in [-0.1, -0.05) is 38.1 Å². The smallest absolute Gasteiger partial charge is 0.408 e. The van der Waals surface area contributed by atoms with Crippen molar-refractivity contribution in [3.63, 3.8) is 0 Å². The fourth-order valence-corrected chi connectivity index (χ4v) is 3.67. The first-order chi connectivity index (χ1) is 15.6. The molecule has 0 saturated carbocycles. The SMILES string of the molecule is CCc1ccc(C(C(=O)NC(C)(C)C)N(C(=O)C(CS)NC(=O)OC(C)(C)C)C(C)CC)cc1. The number of carbonyl (C=O) groups excluding carboxylic acids is 3. The summed E-state index contributed by atoms with van der Waals surface area (Å²) in [4.78, 5) is 41.4. The molecular formula is C26H43N3O4S. The van der Waals surface area contributed by atoms with Crippen molar-refractivity contribution < 1.29 is 19.1 Å². The first kappa shape index (κ1) is 29.8. The molecule has 34 heavy (non-hydrogen) atoms. The third-order valence-electron chi connectivity index (χ3n) is 5.22. The molecule has 0 saturated heterocycles. The highest BCUT2D eigenvalue weighted by molar-refractivity contribution is 7.80. The van der Waals surface area contributed by atoms with Gasteiger partial charge in [-0.15, -0.1) is 0 Å². The zero-order valence-corrected chi connectivity index (χ0v) is 23.1. The molecule has 192 valence electrons. The van der Waals surface area contributed by atoms with Crippen molar-refractivity contribution in [1.82, 2.24) is 15.5 Å². The van der Waals surface area contributed by atoms with Gasteiger partial charge in [0, 0.05) is 17.3 Å². The van der Waals surface area contributed by atoms with Crippen LogP contribution in [0.1, 0.15) is 85.9 Å². The normalized spacial score (nSPS) is 14.5. The molecule has 0 aliphatic heterocycles. The Balaban J connectivity index is 3.46. The second-order valence-electron chi connectivity index (χ2n) is 10.6. The molecule has 8 heteroatoms. The minimum absolute atomic E-state index is 0.0629. The van der Waals surface area contributed by atoms with Crippen molar-refractivity contribution in [2.24, 2.45) is 0 Å². The van der Waals surface area contributed by atoms with Gasteiger partial charge in [-0.05, 0) is 72.4 Å². The van der Waals surface area contributed by atoms with Gasteiger partial charge in [0.1, 0.15) is 17.7 Å². The number of aryl methyl sites for hydroxylation is 1. The Labute approximate surface area is 210 Å². The Morgan fingerprint density at radius 1 is 1.03 bits per heavy atom. The number of nitrogens with one attached hydrogen (secondary N) is 2. The molecule has 0 aliphatic rings. The molecule has 0 radical (unpaired) electrons. The maximum atomic E-state index is 13.8. The number of rotatable bonds is 9. The van der Waals surface area contributed by atoms with Crippen molar-refractivity contribution in [2.45, 2.75) is 104 Å². The minimum atomic E-state index is -0.952. The zero-order chi connectivity index (χ0) is 26.3. The van der Waals surface area contributed by atoms with E-state index in [-0.39, 0.29) is 23.6 Å². The molecule has 7 nitrogen and oxygen atoms in total. The zero-order valence-electron chi connectivity index (χ0n) is 22.2. The predicted molar refractivity (Wildman–Crippen MR) is 140 cm³/mol. The number of alkyl carbamates (subject to hydrolysis) is 1. The number of hydrogen-bond acceptors (Lipinski definition) is 5. The van der Waals surface area contributed by atoms with Gasteiger partial charge in [0.05, 0.1) is 0 Å². The van der Waals surface area contributed by atoms with E-state index in [2.05, 4.69) is 30.2 Å². The van der Waals surface area contributed by atoms with Crippen LogP contribution in [0.5, 0.6) is 0 Å². The number of ether oxygens (including phenoxy) is 1. The number of hydrogen-bond donors (Lipinski definition) is 3. The Hall–Kier alpha value is -2.22. The van der Waals surface area contributed by atoms with E-state index in [0.29, 0.717) is 12.0 Å². The molecule has 1 aromatic rings. The van der Waals surface area contributed by atoms with E-state index in [4.69, 9.17) is 4.74 Å². The summed E-state index contributed by atoms with van der Waals surface area (Å²) in [7, 11) is 0. The lowest BCUT2D eigenvalue weighted by Gasteiger charge is -2.39. The lowest BCUT2D eigenvalue weighted by Crippen LogP contribution is -2.57. The van der Waals surface area contributed by atoms with Crippen LogP contribution in [0.15, 0.2) is 24.3 Å². The Bertz CT molecular complexity index is 828. The molecule has 0 heterocycles. The second kappa shape index (κ2) is 12.5. The van der Waals surface area contributed by atoms with Crippen LogP contribution in [0.25, 0.3) is 0 Å². The summed E-state index contributed by atoms with van der Waals surface area (Å²) in [6, 6.07) is 5.65. The standard InChI is InChI=1S/C26H43N3O4S/c1-10-17(3)29(23(31)20(16-34)27-24(32)33-26(7,8)9)21(22(30)28-25(4,5)6)19-14-12-18(11-2)13-15-19/h12-15,17,20-21,34H,10-11,16H2,1-9H3,(H,27,32)(H,28,30). The highest BCUT2D eigenvalue weighted by atomic mass is 32.1. The quantitative estimate of drug-likeness (QED) is 0.437. The van der Waals surface area contributed by atoms with Crippen LogP contribution < -0.4 is 10.6 Å². The molecule has 0 aromatic heterocycles. The maximum absolute atomic E-state index is 13.8. The van der Waals surface area contributed by atoms with E-state index >= 15 is 0 Å².